The highest BCUT2D eigenvalue weighted by atomic mass is 32.2. The molecule has 0 aliphatic carbocycles. The third-order valence-electron chi connectivity index (χ3n) is 5.45. The molecule has 0 spiro atoms. The Hall–Kier alpha value is -2.00. The number of anilines is 1. The molecule has 0 radical (unpaired) electrons. The van der Waals surface area contributed by atoms with Crippen LogP contribution in [0.15, 0.2) is 53.6 Å². The van der Waals surface area contributed by atoms with Gasteiger partial charge in [0.25, 0.3) is 0 Å². The number of ether oxygens (including phenoxy) is 1. The van der Waals surface area contributed by atoms with Crippen molar-refractivity contribution < 1.29 is 13.2 Å². The summed E-state index contributed by atoms with van der Waals surface area (Å²) in [4.78, 5) is 7.06. The number of nitrogens with zero attached hydrogens (tertiary/aromatic N) is 3. The van der Waals surface area contributed by atoms with Gasteiger partial charge in [0.15, 0.2) is 0 Å². The molecular weight excluding hydrogens is 388 g/mol. The Morgan fingerprint density at radius 3 is 2.59 bits per heavy atom. The van der Waals surface area contributed by atoms with Gasteiger partial charge in [-0.25, -0.2) is 13.4 Å². The zero-order valence-electron chi connectivity index (χ0n) is 16.5. The van der Waals surface area contributed by atoms with Crippen molar-refractivity contribution in [1.82, 2.24) is 14.2 Å². The Morgan fingerprint density at radius 1 is 1.07 bits per heavy atom. The molecule has 0 amide bonds. The van der Waals surface area contributed by atoms with E-state index < -0.39 is 10.0 Å². The van der Waals surface area contributed by atoms with Crippen LogP contribution in [0.5, 0.6) is 0 Å². The molecule has 2 aromatic rings. The van der Waals surface area contributed by atoms with E-state index in [1.165, 1.54) is 16.1 Å². The molecule has 0 saturated carbocycles. The summed E-state index contributed by atoms with van der Waals surface area (Å²) < 4.78 is 32.1. The Kier molecular flexibility index (Phi) is 6.44. The maximum Gasteiger partial charge on any atom is 0.244 e. The van der Waals surface area contributed by atoms with Gasteiger partial charge in [-0.15, -0.1) is 0 Å². The van der Waals surface area contributed by atoms with Crippen LogP contribution in [-0.2, 0) is 21.3 Å². The summed E-state index contributed by atoms with van der Waals surface area (Å²) >= 11 is 0. The first-order chi connectivity index (χ1) is 14.1. The van der Waals surface area contributed by atoms with E-state index in [-0.39, 0.29) is 4.90 Å². The Labute approximate surface area is 172 Å². The van der Waals surface area contributed by atoms with Gasteiger partial charge in [0, 0.05) is 38.4 Å². The number of piperidine rings is 1. The maximum atomic E-state index is 12.7. The minimum absolute atomic E-state index is 0.235. The van der Waals surface area contributed by atoms with E-state index in [0.717, 1.165) is 38.3 Å². The Morgan fingerprint density at radius 2 is 1.86 bits per heavy atom. The van der Waals surface area contributed by atoms with Crippen LogP contribution in [0, 0.1) is 0 Å². The molecule has 3 heterocycles. The van der Waals surface area contributed by atoms with Crippen molar-refractivity contribution in [1.29, 1.82) is 0 Å². The maximum absolute atomic E-state index is 12.7. The quantitative estimate of drug-likeness (QED) is 0.778. The highest BCUT2D eigenvalue weighted by Crippen LogP contribution is 2.20. The first kappa shape index (κ1) is 20.3. The van der Waals surface area contributed by atoms with E-state index in [4.69, 9.17) is 4.74 Å². The average molecular weight is 417 g/mol. The molecule has 1 N–H and O–H groups in total. The summed E-state index contributed by atoms with van der Waals surface area (Å²) in [5.41, 5.74) is 1.32. The van der Waals surface area contributed by atoms with Crippen LogP contribution in [0.2, 0.25) is 0 Å². The standard InChI is InChI=1S/C21H28N4O3S/c26-29(27,25-11-13-28-14-12-25)20-8-9-21(22-15-20)23-19-7-4-10-24(17-19)16-18-5-2-1-3-6-18/h1-3,5-6,8-9,15,19H,4,7,10-14,16-17H2,(H,22,23). The number of morpholine rings is 1. The smallest absolute Gasteiger partial charge is 0.244 e. The second-order valence-electron chi connectivity index (χ2n) is 7.60. The van der Waals surface area contributed by atoms with Crippen molar-refractivity contribution in [2.75, 3.05) is 44.7 Å². The monoisotopic (exact) mass is 416 g/mol. The summed E-state index contributed by atoms with van der Waals surface area (Å²) in [6, 6.07) is 14.2. The third kappa shape index (κ3) is 5.14. The summed E-state index contributed by atoms with van der Waals surface area (Å²) in [7, 11) is -3.50. The zero-order chi connectivity index (χ0) is 20.1. The third-order valence-corrected chi connectivity index (χ3v) is 7.33. The normalized spacial score (nSPS) is 21.7. The van der Waals surface area contributed by atoms with Crippen LogP contribution in [0.1, 0.15) is 18.4 Å². The molecule has 1 atom stereocenters. The minimum atomic E-state index is -3.50. The average Bonchev–Trinajstić information content (AvgIpc) is 2.76. The number of sulfonamides is 1. The first-order valence-electron chi connectivity index (χ1n) is 10.2. The SMILES string of the molecule is O=S(=O)(c1ccc(NC2CCCN(Cc3ccccc3)C2)nc1)N1CCOCC1. The van der Waals surface area contributed by atoms with Crippen molar-refractivity contribution in [3.05, 3.63) is 54.2 Å². The van der Waals surface area contributed by atoms with Crippen LogP contribution in [0.25, 0.3) is 0 Å². The number of pyridine rings is 1. The van der Waals surface area contributed by atoms with Gasteiger partial charge in [0.1, 0.15) is 10.7 Å². The molecule has 2 aliphatic heterocycles. The second-order valence-corrected chi connectivity index (χ2v) is 9.54. The van der Waals surface area contributed by atoms with Crippen molar-refractivity contribution in [3.8, 4) is 0 Å². The van der Waals surface area contributed by atoms with Crippen LogP contribution in [0.3, 0.4) is 0 Å². The van der Waals surface area contributed by atoms with Crippen LogP contribution >= 0.6 is 0 Å². The van der Waals surface area contributed by atoms with Gasteiger partial charge in [-0.05, 0) is 37.1 Å². The number of benzene rings is 1. The van der Waals surface area contributed by atoms with Crippen LogP contribution in [-0.4, -0.2) is 68.0 Å². The number of nitrogens with one attached hydrogen (secondary N) is 1. The van der Waals surface area contributed by atoms with Gasteiger partial charge in [-0.2, -0.15) is 4.31 Å². The van der Waals surface area contributed by atoms with E-state index >= 15 is 0 Å². The molecule has 2 aliphatic rings. The predicted molar refractivity (Wildman–Crippen MR) is 112 cm³/mol. The van der Waals surface area contributed by atoms with Gasteiger partial charge >= 0.3 is 0 Å². The van der Waals surface area contributed by atoms with Crippen LogP contribution < -0.4 is 5.32 Å². The molecule has 8 heteroatoms. The van der Waals surface area contributed by atoms with Crippen LogP contribution in [0.4, 0.5) is 5.82 Å². The van der Waals surface area contributed by atoms with Crippen molar-refractivity contribution >= 4 is 15.8 Å². The molecule has 156 valence electrons. The van der Waals surface area contributed by atoms with E-state index in [1.54, 1.807) is 12.1 Å². The fraction of sp³-hybridized carbons (Fsp3) is 0.476. The Balaban J connectivity index is 1.35. The van der Waals surface area contributed by atoms with E-state index in [0.29, 0.717) is 32.3 Å². The number of aromatic nitrogens is 1. The predicted octanol–water partition coefficient (Wildman–Crippen LogP) is 2.18. The molecule has 1 unspecified atom stereocenters. The summed E-state index contributed by atoms with van der Waals surface area (Å²) in [5.74, 6) is 0.720. The molecular formula is C21H28N4O3S. The van der Waals surface area contributed by atoms with Gasteiger partial charge < -0.3 is 10.1 Å². The van der Waals surface area contributed by atoms with Crippen molar-refractivity contribution in [2.45, 2.75) is 30.3 Å². The molecule has 1 aromatic carbocycles. The summed E-state index contributed by atoms with van der Waals surface area (Å²) in [5, 5.41) is 3.47. The lowest BCUT2D eigenvalue weighted by molar-refractivity contribution is 0.0730. The van der Waals surface area contributed by atoms with Gasteiger partial charge in [-0.3, -0.25) is 4.90 Å². The lowest BCUT2D eigenvalue weighted by atomic mass is 10.0. The summed E-state index contributed by atoms with van der Waals surface area (Å²) in [6.07, 6.45) is 3.67. The van der Waals surface area contributed by atoms with E-state index in [9.17, 15) is 8.42 Å². The molecule has 1 aromatic heterocycles. The van der Waals surface area contributed by atoms with Crippen molar-refractivity contribution in [2.24, 2.45) is 0 Å². The molecule has 29 heavy (non-hydrogen) atoms. The minimum Gasteiger partial charge on any atom is -0.379 e. The topological polar surface area (TPSA) is 74.8 Å². The molecule has 2 saturated heterocycles. The lowest BCUT2D eigenvalue weighted by Gasteiger charge is -2.33. The van der Waals surface area contributed by atoms with Gasteiger partial charge in [0.2, 0.25) is 10.0 Å². The first-order valence-corrected chi connectivity index (χ1v) is 11.6. The highest BCUT2D eigenvalue weighted by molar-refractivity contribution is 7.89. The largest absolute Gasteiger partial charge is 0.379 e. The number of hydrogen-bond acceptors (Lipinski definition) is 6. The number of hydrogen-bond donors (Lipinski definition) is 1. The molecule has 2 fully saturated rings. The fourth-order valence-corrected chi connectivity index (χ4v) is 5.28. The molecule has 7 nitrogen and oxygen atoms in total. The fourth-order valence-electron chi connectivity index (χ4n) is 3.92. The molecule has 4 rings (SSSR count). The van der Waals surface area contributed by atoms with Gasteiger partial charge in [-0.1, -0.05) is 30.3 Å². The summed E-state index contributed by atoms with van der Waals surface area (Å²) in [6.45, 7) is 4.65. The lowest BCUT2D eigenvalue weighted by Crippen LogP contribution is -2.41. The molecule has 0 bridgehead atoms. The second kappa shape index (κ2) is 9.21. The number of likely N-dealkylation sites (tertiary alicyclic amines) is 1. The highest BCUT2D eigenvalue weighted by Gasteiger charge is 2.27. The van der Waals surface area contributed by atoms with Crippen molar-refractivity contribution in [3.63, 3.8) is 0 Å². The van der Waals surface area contributed by atoms with E-state index in [2.05, 4.69) is 39.5 Å². The number of rotatable bonds is 6. The van der Waals surface area contributed by atoms with E-state index in [1.807, 2.05) is 6.07 Å². The Bertz CT molecular complexity index is 884. The van der Waals surface area contributed by atoms with Gasteiger partial charge in [0.05, 0.1) is 13.2 Å². The zero-order valence-corrected chi connectivity index (χ0v) is 17.4.